The molecule has 3 heterocycles. The van der Waals surface area contributed by atoms with E-state index in [4.69, 9.17) is 0 Å². The van der Waals surface area contributed by atoms with Crippen LogP contribution in [0.25, 0.3) is 4.96 Å². The molecule has 1 N–H and O–H groups in total. The molecule has 0 amide bonds. The van der Waals surface area contributed by atoms with Crippen LogP contribution in [0.3, 0.4) is 0 Å². The van der Waals surface area contributed by atoms with Crippen molar-refractivity contribution in [1.29, 1.82) is 0 Å². The van der Waals surface area contributed by atoms with Crippen LogP contribution in [0.5, 0.6) is 0 Å². The molecule has 0 fully saturated rings. The third-order valence-electron chi connectivity index (χ3n) is 3.81. The third-order valence-corrected chi connectivity index (χ3v) is 5.69. The second kappa shape index (κ2) is 6.19. The van der Waals surface area contributed by atoms with E-state index < -0.39 is 0 Å². The Bertz CT molecular complexity index is 856. The largest absolute Gasteiger partial charge is 0.303 e. The fourth-order valence-electron chi connectivity index (χ4n) is 2.69. The van der Waals surface area contributed by atoms with Gasteiger partial charge in [-0.15, -0.1) is 22.7 Å². The van der Waals surface area contributed by atoms with Crippen molar-refractivity contribution in [2.45, 2.75) is 40.3 Å². The first-order chi connectivity index (χ1) is 10.9. The molecule has 3 rings (SSSR count). The Labute approximate surface area is 143 Å². The van der Waals surface area contributed by atoms with Crippen LogP contribution >= 0.6 is 22.7 Å². The maximum atomic E-state index is 12.3. The van der Waals surface area contributed by atoms with Crippen molar-refractivity contribution >= 4 is 27.6 Å². The van der Waals surface area contributed by atoms with Gasteiger partial charge in [0.25, 0.3) is 5.56 Å². The number of rotatable bonds is 4. The highest BCUT2D eigenvalue weighted by atomic mass is 32.1. The summed E-state index contributed by atoms with van der Waals surface area (Å²) in [5, 5.41) is 7.64. The lowest BCUT2D eigenvalue weighted by Crippen LogP contribution is -2.32. The Hall–Kier alpha value is -1.50. The van der Waals surface area contributed by atoms with Gasteiger partial charge in [0.1, 0.15) is 0 Å². The summed E-state index contributed by atoms with van der Waals surface area (Å²) in [4.78, 5) is 18.9. The highest BCUT2D eigenvalue weighted by Gasteiger charge is 2.26. The van der Waals surface area contributed by atoms with Crippen LogP contribution in [-0.2, 0) is 6.54 Å². The Morgan fingerprint density at radius 1 is 1.35 bits per heavy atom. The van der Waals surface area contributed by atoms with Crippen LogP contribution in [0.15, 0.2) is 33.8 Å². The van der Waals surface area contributed by atoms with Gasteiger partial charge >= 0.3 is 0 Å². The average Bonchev–Trinajstić information content (AvgIpc) is 3.08. The summed E-state index contributed by atoms with van der Waals surface area (Å²) in [6.07, 6.45) is 0. The Kier molecular flexibility index (Phi) is 4.40. The number of aromatic nitrogens is 2. The average molecular weight is 348 g/mol. The van der Waals surface area contributed by atoms with E-state index in [1.54, 1.807) is 21.8 Å². The summed E-state index contributed by atoms with van der Waals surface area (Å²) in [5.41, 5.74) is 1.81. The maximum absolute atomic E-state index is 12.3. The van der Waals surface area contributed by atoms with Crippen LogP contribution in [0.1, 0.15) is 43.1 Å². The molecule has 0 aliphatic rings. The second-order valence-electron chi connectivity index (χ2n) is 6.78. The Balaban J connectivity index is 1.85. The van der Waals surface area contributed by atoms with Crippen molar-refractivity contribution in [2.75, 3.05) is 0 Å². The molecule has 0 aliphatic heterocycles. The van der Waals surface area contributed by atoms with Crippen molar-refractivity contribution in [3.05, 3.63) is 55.6 Å². The molecule has 6 heteroatoms. The number of hydrogen-bond acceptors (Lipinski definition) is 5. The normalized spacial score (nSPS) is 13.6. The van der Waals surface area contributed by atoms with E-state index >= 15 is 0 Å². The minimum absolute atomic E-state index is 0.00557. The summed E-state index contributed by atoms with van der Waals surface area (Å²) < 4.78 is 1.66. The van der Waals surface area contributed by atoms with E-state index in [1.807, 2.05) is 12.3 Å². The quantitative estimate of drug-likeness (QED) is 0.776. The number of nitrogens with one attached hydrogen (secondary N) is 1. The number of thiophene rings is 1. The molecule has 0 radical (unpaired) electrons. The molecular formula is C17H21N3OS2. The molecule has 4 nitrogen and oxygen atoms in total. The van der Waals surface area contributed by atoms with E-state index in [2.05, 4.69) is 48.6 Å². The molecule has 3 aromatic heterocycles. The smallest absolute Gasteiger partial charge is 0.259 e. The zero-order valence-electron chi connectivity index (χ0n) is 13.8. The van der Waals surface area contributed by atoms with Crippen molar-refractivity contribution in [3.8, 4) is 0 Å². The molecule has 0 aromatic carbocycles. The van der Waals surface area contributed by atoms with Gasteiger partial charge < -0.3 is 5.32 Å². The first-order valence-electron chi connectivity index (χ1n) is 7.60. The third kappa shape index (κ3) is 3.39. The highest BCUT2D eigenvalue weighted by molar-refractivity contribution is 7.15. The Morgan fingerprint density at radius 2 is 2.13 bits per heavy atom. The molecule has 3 aromatic rings. The van der Waals surface area contributed by atoms with Gasteiger partial charge in [-0.25, -0.2) is 4.98 Å². The van der Waals surface area contributed by atoms with Gasteiger partial charge in [0.2, 0.25) is 0 Å². The topological polar surface area (TPSA) is 46.4 Å². The van der Waals surface area contributed by atoms with Crippen molar-refractivity contribution in [3.63, 3.8) is 0 Å². The van der Waals surface area contributed by atoms with Gasteiger partial charge in [0.05, 0.1) is 5.69 Å². The number of hydrogen-bond donors (Lipinski definition) is 1. The molecule has 0 saturated carbocycles. The Morgan fingerprint density at radius 3 is 2.78 bits per heavy atom. The maximum Gasteiger partial charge on any atom is 0.259 e. The van der Waals surface area contributed by atoms with E-state index in [1.165, 1.54) is 16.2 Å². The molecule has 23 heavy (non-hydrogen) atoms. The van der Waals surface area contributed by atoms with Crippen molar-refractivity contribution < 1.29 is 0 Å². The van der Waals surface area contributed by atoms with Gasteiger partial charge in [-0.1, -0.05) is 26.8 Å². The fraction of sp³-hybridized carbons (Fsp3) is 0.412. The van der Waals surface area contributed by atoms with E-state index in [0.717, 1.165) is 16.3 Å². The molecule has 1 atom stereocenters. The number of nitrogens with zero attached hydrogens (tertiary/aromatic N) is 2. The number of thiazole rings is 1. The summed E-state index contributed by atoms with van der Waals surface area (Å²) in [6, 6.07) is 6.09. The van der Waals surface area contributed by atoms with Crippen molar-refractivity contribution in [1.82, 2.24) is 14.7 Å². The SMILES string of the molecule is Cc1csc2nc(CN[C@@H](c3cccs3)C(C)(C)C)cc(=O)n12. The van der Waals surface area contributed by atoms with E-state index in [9.17, 15) is 4.79 Å². The monoisotopic (exact) mass is 347 g/mol. The standard InChI is InChI=1S/C17H21N3OS2/c1-11-10-23-16-19-12(8-14(21)20(11)16)9-18-15(17(2,3)4)13-6-5-7-22-13/h5-8,10,15,18H,9H2,1-4H3/t15-/m0/s1. The second-order valence-corrected chi connectivity index (χ2v) is 8.59. The van der Waals surface area contributed by atoms with Crippen LogP contribution in [-0.4, -0.2) is 9.38 Å². The molecule has 0 bridgehead atoms. The van der Waals surface area contributed by atoms with Crippen LogP contribution in [0.4, 0.5) is 0 Å². The first-order valence-corrected chi connectivity index (χ1v) is 9.36. The molecule has 0 saturated heterocycles. The molecule has 0 unspecified atom stereocenters. The lowest BCUT2D eigenvalue weighted by Gasteiger charge is -2.31. The van der Waals surface area contributed by atoms with Crippen molar-refractivity contribution in [2.24, 2.45) is 5.41 Å². The van der Waals surface area contributed by atoms with Gasteiger partial charge in [-0.05, 0) is 23.8 Å². The van der Waals surface area contributed by atoms with Gasteiger partial charge in [-0.3, -0.25) is 9.20 Å². The molecule has 122 valence electrons. The summed E-state index contributed by atoms with van der Waals surface area (Å²) >= 11 is 3.26. The van der Waals surface area contributed by atoms with Gasteiger partial charge in [0.15, 0.2) is 4.96 Å². The zero-order valence-corrected chi connectivity index (χ0v) is 15.4. The first kappa shape index (κ1) is 16.4. The van der Waals surface area contributed by atoms with Gasteiger partial charge in [0, 0.05) is 34.6 Å². The van der Waals surface area contributed by atoms with E-state index in [-0.39, 0.29) is 17.0 Å². The van der Waals surface area contributed by atoms with Crippen LogP contribution < -0.4 is 10.9 Å². The summed E-state index contributed by atoms with van der Waals surface area (Å²) in [7, 11) is 0. The fourth-order valence-corrected chi connectivity index (χ4v) is 4.62. The number of aryl methyl sites for hydroxylation is 1. The predicted molar refractivity (Wildman–Crippen MR) is 97.4 cm³/mol. The van der Waals surface area contributed by atoms with Gasteiger partial charge in [-0.2, -0.15) is 0 Å². The minimum atomic E-state index is -0.00557. The summed E-state index contributed by atoms with van der Waals surface area (Å²) in [6.45, 7) is 9.18. The zero-order chi connectivity index (χ0) is 16.6. The van der Waals surface area contributed by atoms with Crippen LogP contribution in [0, 0.1) is 12.3 Å². The summed E-state index contributed by atoms with van der Waals surface area (Å²) in [5.74, 6) is 0. The van der Waals surface area contributed by atoms with E-state index in [0.29, 0.717) is 6.54 Å². The highest BCUT2D eigenvalue weighted by Crippen LogP contribution is 2.35. The lowest BCUT2D eigenvalue weighted by atomic mass is 9.85. The molecular weight excluding hydrogens is 326 g/mol. The number of fused-ring (bicyclic) bond motifs is 1. The molecule has 0 spiro atoms. The molecule has 0 aliphatic carbocycles. The minimum Gasteiger partial charge on any atom is -0.303 e. The lowest BCUT2D eigenvalue weighted by molar-refractivity contribution is 0.274. The predicted octanol–water partition coefficient (Wildman–Crippen LogP) is 4.00. The van der Waals surface area contributed by atoms with Crippen LogP contribution in [0.2, 0.25) is 0 Å².